The van der Waals surface area contributed by atoms with Gasteiger partial charge in [0.15, 0.2) is 11.2 Å². The second-order valence-electron chi connectivity index (χ2n) is 8.09. The van der Waals surface area contributed by atoms with Crippen LogP contribution in [0.15, 0.2) is 99.9 Å². The fourth-order valence-corrected chi connectivity index (χ4v) is 3.94. The first-order valence-corrected chi connectivity index (χ1v) is 10.8. The molecule has 4 nitrogen and oxygen atoms in total. The second-order valence-corrected chi connectivity index (χ2v) is 8.09. The molecule has 0 aliphatic heterocycles. The summed E-state index contributed by atoms with van der Waals surface area (Å²) < 4.78 is 11.3. The number of fused-ring (bicyclic) bond motifs is 2. The Hall–Kier alpha value is -4.44. The van der Waals surface area contributed by atoms with Crippen molar-refractivity contribution in [1.29, 1.82) is 0 Å². The van der Waals surface area contributed by atoms with E-state index in [1.54, 1.807) is 0 Å². The summed E-state index contributed by atoms with van der Waals surface area (Å²) in [6.45, 7) is 2.05. The highest BCUT2D eigenvalue weighted by Crippen LogP contribution is 2.28. The minimum absolute atomic E-state index is 0.641. The summed E-state index contributed by atoms with van der Waals surface area (Å²) in [6.07, 6.45) is 4.20. The molecule has 2 heterocycles. The van der Waals surface area contributed by atoms with Crippen LogP contribution in [0.25, 0.3) is 56.9 Å². The van der Waals surface area contributed by atoms with E-state index in [-0.39, 0.29) is 0 Å². The normalized spacial score (nSPS) is 11.7. The molecule has 0 N–H and O–H groups in total. The molecule has 0 aliphatic carbocycles. The molecule has 158 valence electrons. The molecule has 6 rings (SSSR count). The van der Waals surface area contributed by atoms with Crippen molar-refractivity contribution in [3.05, 3.63) is 108 Å². The van der Waals surface area contributed by atoms with Gasteiger partial charge in [-0.05, 0) is 60.0 Å². The summed E-state index contributed by atoms with van der Waals surface area (Å²) in [5.41, 5.74) is 8.75. The smallest absolute Gasteiger partial charge is 0.227 e. The highest BCUT2D eigenvalue weighted by molar-refractivity contribution is 5.91. The number of oxazole rings is 1. The van der Waals surface area contributed by atoms with Gasteiger partial charge >= 0.3 is 0 Å². The van der Waals surface area contributed by atoms with E-state index in [1.165, 1.54) is 5.56 Å². The molecular formula is C29H20N2O2. The molecule has 0 fully saturated rings. The predicted octanol–water partition coefficient (Wildman–Crippen LogP) is 7.78. The number of benzene rings is 4. The molecule has 0 bridgehead atoms. The van der Waals surface area contributed by atoms with Crippen LogP contribution in [0.2, 0.25) is 0 Å². The van der Waals surface area contributed by atoms with Gasteiger partial charge in [0.2, 0.25) is 5.89 Å². The maximum Gasteiger partial charge on any atom is 0.227 e. The monoisotopic (exact) mass is 428 g/mol. The topological polar surface area (TPSA) is 52.1 Å². The minimum Gasteiger partial charge on any atom is -0.436 e. The van der Waals surface area contributed by atoms with E-state index in [2.05, 4.69) is 65.6 Å². The number of rotatable bonds is 4. The van der Waals surface area contributed by atoms with E-state index >= 15 is 0 Å². The Balaban J connectivity index is 1.20. The molecular weight excluding hydrogens is 408 g/mol. The lowest BCUT2D eigenvalue weighted by molar-refractivity contribution is 0.459. The summed E-state index contributed by atoms with van der Waals surface area (Å²) in [6, 6.07) is 30.5. The first-order valence-electron chi connectivity index (χ1n) is 10.8. The molecule has 0 saturated carbocycles. The highest BCUT2D eigenvalue weighted by Gasteiger charge is 2.10. The van der Waals surface area contributed by atoms with Crippen LogP contribution < -0.4 is 0 Å². The lowest BCUT2D eigenvalue weighted by Gasteiger charge is -2.00. The van der Waals surface area contributed by atoms with E-state index in [1.807, 2.05) is 54.6 Å². The molecule has 4 heteroatoms. The fraction of sp³-hybridized carbons (Fsp3) is 0.0345. The van der Waals surface area contributed by atoms with E-state index in [4.69, 9.17) is 8.94 Å². The maximum atomic E-state index is 5.91. The second kappa shape index (κ2) is 7.92. The Morgan fingerprint density at radius 3 is 2.15 bits per heavy atom. The van der Waals surface area contributed by atoms with Crippen molar-refractivity contribution in [1.82, 2.24) is 10.1 Å². The summed E-state index contributed by atoms with van der Waals surface area (Å²) in [5, 5.41) is 5.26. The van der Waals surface area contributed by atoms with Crippen LogP contribution in [0, 0.1) is 6.92 Å². The van der Waals surface area contributed by atoms with Crippen LogP contribution >= 0.6 is 0 Å². The number of nitrogens with zero attached hydrogens (tertiary/aromatic N) is 2. The minimum atomic E-state index is 0.641. The summed E-state index contributed by atoms with van der Waals surface area (Å²) in [7, 11) is 0. The van der Waals surface area contributed by atoms with E-state index in [0.717, 1.165) is 50.0 Å². The van der Waals surface area contributed by atoms with E-state index in [0.29, 0.717) is 5.89 Å². The Bertz CT molecular complexity index is 1600. The Morgan fingerprint density at radius 1 is 0.697 bits per heavy atom. The van der Waals surface area contributed by atoms with Crippen LogP contribution in [0.4, 0.5) is 0 Å². The van der Waals surface area contributed by atoms with Crippen LogP contribution in [0.3, 0.4) is 0 Å². The number of aromatic nitrogens is 2. The van der Waals surface area contributed by atoms with Crippen LogP contribution in [-0.2, 0) is 0 Å². The molecule has 4 aromatic carbocycles. The maximum absolute atomic E-state index is 5.91. The number of aryl methyl sites for hydroxylation is 1. The van der Waals surface area contributed by atoms with Crippen molar-refractivity contribution in [2.24, 2.45) is 0 Å². The standard InChI is InChI=1S/C29H20N2O2/c1-19-6-17-27-25(18-19)30-29(32-27)23-15-11-21(12-16-23)8-7-20-9-13-22(14-10-20)28-24-4-2-3-5-26(24)33-31-28/h2-18H,1H3/b8-7+. The molecule has 0 unspecified atom stereocenters. The molecule has 0 spiro atoms. The van der Waals surface area contributed by atoms with Gasteiger partial charge in [-0.15, -0.1) is 0 Å². The third kappa shape index (κ3) is 3.72. The van der Waals surface area contributed by atoms with Crippen molar-refractivity contribution < 1.29 is 8.94 Å². The number of hydrogen-bond acceptors (Lipinski definition) is 4. The molecule has 0 atom stereocenters. The van der Waals surface area contributed by atoms with Crippen molar-refractivity contribution in [2.45, 2.75) is 6.92 Å². The zero-order chi connectivity index (χ0) is 22.2. The molecule has 0 radical (unpaired) electrons. The Morgan fingerprint density at radius 2 is 1.39 bits per heavy atom. The highest BCUT2D eigenvalue weighted by atomic mass is 16.5. The van der Waals surface area contributed by atoms with Crippen LogP contribution in [-0.4, -0.2) is 10.1 Å². The Kier molecular flexibility index (Phi) is 4.62. The zero-order valence-corrected chi connectivity index (χ0v) is 18.0. The molecule has 0 aliphatic rings. The number of para-hydroxylation sites is 1. The molecule has 0 amide bonds. The largest absolute Gasteiger partial charge is 0.436 e. The average Bonchev–Trinajstić information content (AvgIpc) is 3.47. The third-order valence-electron chi connectivity index (χ3n) is 5.73. The average molecular weight is 428 g/mol. The van der Waals surface area contributed by atoms with E-state index in [9.17, 15) is 0 Å². The quantitative estimate of drug-likeness (QED) is 0.269. The van der Waals surface area contributed by atoms with E-state index < -0.39 is 0 Å². The molecule has 2 aromatic heterocycles. The van der Waals surface area contributed by atoms with Gasteiger partial charge in [-0.25, -0.2) is 4.98 Å². The fourth-order valence-electron chi connectivity index (χ4n) is 3.94. The van der Waals surface area contributed by atoms with Gasteiger partial charge in [-0.1, -0.05) is 71.9 Å². The van der Waals surface area contributed by atoms with Gasteiger partial charge in [-0.3, -0.25) is 0 Å². The Labute approximate surface area is 190 Å². The summed E-state index contributed by atoms with van der Waals surface area (Å²) >= 11 is 0. The summed E-state index contributed by atoms with van der Waals surface area (Å²) in [4.78, 5) is 4.62. The first-order chi connectivity index (χ1) is 16.2. The van der Waals surface area contributed by atoms with Crippen LogP contribution in [0.1, 0.15) is 16.7 Å². The van der Waals surface area contributed by atoms with Gasteiger partial charge in [-0.2, -0.15) is 0 Å². The molecule has 0 saturated heterocycles. The lowest BCUT2D eigenvalue weighted by atomic mass is 10.0. The summed E-state index contributed by atoms with van der Waals surface area (Å²) in [5.74, 6) is 0.641. The van der Waals surface area contributed by atoms with Gasteiger partial charge in [0, 0.05) is 16.5 Å². The molecule has 6 aromatic rings. The van der Waals surface area contributed by atoms with Crippen molar-refractivity contribution in [3.8, 4) is 22.7 Å². The van der Waals surface area contributed by atoms with Crippen molar-refractivity contribution in [3.63, 3.8) is 0 Å². The van der Waals surface area contributed by atoms with Gasteiger partial charge < -0.3 is 8.94 Å². The SMILES string of the molecule is Cc1ccc2oc(-c3ccc(/C=C/c4ccc(-c5noc6ccccc56)cc4)cc3)nc2c1. The van der Waals surface area contributed by atoms with Crippen molar-refractivity contribution >= 4 is 34.2 Å². The van der Waals surface area contributed by atoms with Gasteiger partial charge in [0.05, 0.1) is 0 Å². The predicted molar refractivity (Wildman–Crippen MR) is 133 cm³/mol. The first kappa shape index (κ1) is 19.3. The van der Waals surface area contributed by atoms with Gasteiger partial charge in [0.1, 0.15) is 11.2 Å². The number of hydrogen-bond donors (Lipinski definition) is 0. The lowest BCUT2D eigenvalue weighted by Crippen LogP contribution is -1.80. The van der Waals surface area contributed by atoms with Gasteiger partial charge in [0.25, 0.3) is 0 Å². The zero-order valence-electron chi connectivity index (χ0n) is 18.0. The van der Waals surface area contributed by atoms with Crippen LogP contribution in [0.5, 0.6) is 0 Å². The van der Waals surface area contributed by atoms with Crippen molar-refractivity contribution in [2.75, 3.05) is 0 Å². The molecule has 33 heavy (non-hydrogen) atoms. The third-order valence-corrected chi connectivity index (χ3v) is 5.73.